The fraction of sp³-hybridized carbons (Fsp3) is 0.611. The van der Waals surface area contributed by atoms with Crippen molar-refractivity contribution in [2.24, 2.45) is 5.92 Å². The topological polar surface area (TPSA) is 44.8 Å². The van der Waals surface area contributed by atoms with Gasteiger partial charge in [-0.3, -0.25) is 0 Å². The molecule has 0 saturated heterocycles. The van der Waals surface area contributed by atoms with Crippen LogP contribution in [0.2, 0.25) is 0 Å². The van der Waals surface area contributed by atoms with Gasteiger partial charge in [-0.2, -0.15) is 0 Å². The minimum atomic E-state index is -0.694. The fourth-order valence-electron chi connectivity index (χ4n) is 2.39. The Balaban J connectivity index is 2.01. The fourth-order valence-corrected chi connectivity index (χ4v) is 2.39. The molecule has 0 unspecified atom stereocenters. The molecule has 22 heavy (non-hydrogen) atoms. The molecular weight excluding hydrogens is 280 g/mol. The van der Waals surface area contributed by atoms with E-state index in [2.05, 4.69) is 32.0 Å². The minimum absolute atomic E-state index is 0.118. The molecule has 1 aromatic carbocycles. The molecule has 0 bridgehead atoms. The Kier molecular flexibility index (Phi) is 5.69. The smallest absolute Gasteiger partial charge is 0.457 e. The van der Waals surface area contributed by atoms with Gasteiger partial charge in [0.1, 0.15) is 5.75 Å². The zero-order valence-electron chi connectivity index (χ0n) is 13.9. The summed E-state index contributed by atoms with van der Waals surface area (Å²) in [6, 6.07) is 6.25. The lowest BCUT2D eigenvalue weighted by Crippen LogP contribution is -2.16. The molecule has 4 nitrogen and oxygen atoms in total. The van der Waals surface area contributed by atoms with Crippen LogP contribution >= 0.6 is 0 Å². The lowest BCUT2D eigenvalue weighted by Gasteiger charge is -2.18. The van der Waals surface area contributed by atoms with Crippen LogP contribution in [0.1, 0.15) is 57.6 Å². The number of carbonyl (C=O) groups is 1. The first kappa shape index (κ1) is 16.7. The van der Waals surface area contributed by atoms with Gasteiger partial charge in [0.15, 0.2) is 0 Å². The van der Waals surface area contributed by atoms with Crippen molar-refractivity contribution in [1.82, 2.24) is 0 Å². The zero-order chi connectivity index (χ0) is 16.1. The lowest BCUT2D eigenvalue weighted by atomic mass is 9.97. The predicted octanol–water partition coefficient (Wildman–Crippen LogP) is 4.66. The van der Waals surface area contributed by atoms with E-state index in [-0.39, 0.29) is 12.9 Å². The van der Waals surface area contributed by atoms with Gasteiger partial charge in [-0.1, -0.05) is 32.0 Å². The molecule has 1 saturated carbocycles. The molecule has 1 aliphatic carbocycles. The first-order chi connectivity index (χ1) is 10.5. The Bertz CT molecular complexity index is 504. The van der Waals surface area contributed by atoms with Crippen molar-refractivity contribution in [2.75, 3.05) is 6.79 Å². The summed E-state index contributed by atoms with van der Waals surface area (Å²) in [6.07, 6.45) is 2.74. The van der Waals surface area contributed by atoms with Gasteiger partial charge in [-0.25, -0.2) is 4.79 Å². The summed E-state index contributed by atoms with van der Waals surface area (Å²) >= 11 is 0. The maximum atomic E-state index is 11.4. The molecule has 2 rings (SSSR count). The Morgan fingerprint density at radius 2 is 1.95 bits per heavy atom. The summed E-state index contributed by atoms with van der Waals surface area (Å²) in [5.74, 6) is 2.00. The van der Waals surface area contributed by atoms with Crippen LogP contribution in [0, 0.1) is 5.92 Å². The SMILES string of the molecule is CC(C)OC(=O)OCOc1c(CC2CC2)cccc1C(C)C. The van der Waals surface area contributed by atoms with E-state index >= 15 is 0 Å². The van der Waals surface area contributed by atoms with Crippen LogP contribution in [0.3, 0.4) is 0 Å². The quantitative estimate of drug-likeness (QED) is 0.543. The van der Waals surface area contributed by atoms with Gasteiger partial charge in [0.05, 0.1) is 6.10 Å². The molecule has 0 amide bonds. The van der Waals surface area contributed by atoms with Crippen molar-refractivity contribution in [2.45, 2.75) is 59.0 Å². The highest BCUT2D eigenvalue weighted by Crippen LogP contribution is 2.38. The van der Waals surface area contributed by atoms with E-state index in [1.807, 2.05) is 0 Å². The highest BCUT2D eigenvalue weighted by Gasteiger charge is 2.24. The van der Waals surface area contributed by atoms with Gasteiger partial charge >= 0.3 is 6.16 Å². The number of hydrogen-bond donors (Lipinski definition) is 0. The maximum Gasteiger partial charge on any atom is 0.511 e. The van der Waals surface area contributed by atoms with E-state index in [0.717, 1.165) is 23.7 Å². The van der Waals surface area contributed by atoms with Crippen LogP contribution in [0.25, 0.3) is 0 Å². The summed E-state index contributed by atoms with van der Waals surface area (Å²) in [5.41, 5.74) is 2.36. The van der Waals surface area contributed by atoms with Gasteiger partial charge in [0, 0.05) is 0 Å². The van der Waals surface area contributed by atoms with Crippen LogP contribution in [0.15, 0.2) is 18.2 Å². The number of hydrogen-bond acceptors (Lipinski definition) is 4. The summed E-state index contributed by atoms with van der Waals surface area (Å²) in [5, 5.41) is 0. The van der Waals surface area contributed by atoms with Gasteiger partial charge in [-0.15, -0.1) is 0 Å². The molecular formula is C18H26O4. The maximum absolute atomic E-state index is 11.4. The lowest BCUT2D eigenvalue weighted by molar-refractivity contribution is -0.00876. The van der Waals surface area contributed by atoms with Crippen molar-refractivity contribution in [3.8, 4) is 5.75 Å². The minimum Gasteiger partial charge on any atom is -0.457 e. The van der Waals surface area contributed by atoms with Crippen molar-refractivity contribution in [3.05, 3.63) is 29.3 Å². The highest BCUT2D eigenvalue weighted by atomic mass is 16.8. The molecule has 1 aliphatic rings. The second kappa shape index (κ2) is 7.52. The van der Waals surface area contributed by atoms with Crippen LogP contribution in [0.4, 0.5) is 4.79 Å². The van der Waals surface area contributed by atoms with Gasteiger partial charge in [-0.05, 0) is 56.1 Å². The van der Waals surface area contributed by atoms with E-state index in [0.29, 0.717) is 5.92 Å². The zero-order valence-corrected chi connectivity index (χ0v) is 13.9. The van der Waals surface area contributed by atoms with Crippen LogP contribution in [-0.4, -0.2) is 19.1 Å². The third kappa shape index (κ3) is 4.93. The highest BCUT2D eigenvalue weighted by molar-refractivity contribution is 5.59. The third-order valence-corrected chi connectivity index (χ3v) is 3.67. The van der Waals surface area contributed by atoms with E-state index < -0.39 is 6.16 Å². The second-order valence-corrected chi connectivity index (χ2v) is 6.46. The first-order valence-corrected chi connectivity index (χ1v) is 8.05. The summed E-state index contributed by atoms with van der Waals surface area (Å²) in [6.45, 7) is 7.72. The standard InChI is InChI=1S/C18H26O4/c1-12(2)16-7-5-6-15(10-14-8-9-14)17(16)20-11-21-18(19)22-13(3)4/h5-7,12-14H,8-11H2,1-4H3. The molecule has 0 N–H and O–H groups in total. The average molecular weight is 306 g/mol. The normalized spacial score (nSPS) is 14.3. The van der Waals surface area contributed by atoms with Crippen molar-refractivity contribution in [1.29, 1.82) is 0 Å². The molecule has 0 radical (unpaired) electrons. The van der Waals surface area contributed by atoms with Gasteiger partial charge < -0.3 is 14.2 Å². The molecule has 0 spiro atoms. The molecule has 0 heterocycles. The van der Waals surface area contributed by atoms with E-state index in [9.17, 15) is 4.79 Å². The van der Waals surface area contributed by atoms with E-state index in [4.69, 9.17) is 14.2 Å². The predicted molar refractivity (Wildman–Crippen MR) is 85.2 cm³/mol. The Morgan fingerprint density at radius 3 is 2.55 bits per heavy atom. The number of carbonyl (C=O) groups excluding carboxylic acids is 1. The van der Waals surface area contributed by atoms with Crippen LogP contribution in [0.5, 0.6) is 5.75 Å². The summed E-state index contributed by atoms with van der Waals surface area (Å²) < 4.78 is 15.7. The molecule has 122 valence electrons. The summed E-state index contributed by atoms with van der Waals surface area (Å²) in [4.78, 5) is 11.4. The third-order valence-electron chi connectivity index (χ3n) is 3.67. The molecule has 1 aromatic rings. The summed E-state index contributed by atoms with van der Waals surface area (Å²) in [7, 11) is 0. The van der Waals surface area contributed by atoms with Crippen molar-refractivity contribution >= 4 is 6.16 Å². The molecule has 0 aliphatic heterocycles. The number of benzene rings is 1. The van der Waals surface area contributed by atoms with E-state index in [1.54, 1.807) is 13.8 Å². The van der Waals surface area contributed by atoms with Crippen molar-refractivity contribution < 1.29 is 19.0 Å². The number of para-hydroxylation sites is 1. The van der Waals surface area contributed by atoms with E-state index in [1.165, 1.54) is 18.4 Å². The number of rotatable bonds is 7. The molecule has 1 fully saturated rings. The second-order valence-electron chi connectivity index (χ2n) is 6.46. The molecule has 0 atom stereocenters. The molecule has 4 heteroatoms. The Labute approximate surface area is 132 Å². The number of ether oxygens (including phenoxy) is 3. The van der Waals surface area contributed by atoms with Crippen LogP contribution < -0.4 is 4.74 Å². The van der Waals surface area contributed by atoms with Gasteiger partial charge in [0.2, 0.25) is 6.79 Å². The van der Waals surface area contributed by atoms with Crippen LogP contribution in [-0.2, 0) is 15.9 Å². The van der Waals surface area contributed by atoms with Crippen molar-refractivity contribution in [3.63, 3.8) is 0 Å². The molecule has 0 aromatic heterocycles. The largest absolute Gasteiger partial charge is 0.511 e. The average Bonchev–Trinajstić information content (AvgIpc) is 3.23. The Morgan fingerprint density at radius 1 is 1.23 bits per heavy atom. The first-order valence-electron chi connectivity index (χ1n) is 8.05. The monoisotopic (exact) mass is 306 g/mol. The Hall–Kier alpha value is -1.71. The van der Waals surface area contributed by atoms with Gasteiger partial charge in [0.25, 0.3) is 0 Å².